The molecule has 0 spiro atoms. The van der Waals surface area contributed by atoms with Gasteiger partial charge in [-0.1, -0.05) is 24.3 Å². The van der Waals surface area contributed by atoms with E-state index in [9.17, 15) is 14.9 Å². The van der Waals surface area contributed by atoms with Crippen LogP contribution >= 0.6 is 0 Å². The Balaban J connectivity index is 1.68. The Labute approximate surface area is 144 Å². The molecule has 0 aromatic heterocycles. The molecule has 6 nitrogen and oxygen atoms in total. The third-order valence-electron chi connectivity index (χ3n) is 4.22. The molecule has 2 aromatic carbocycles. The number of hydrogen-bond donors (Lipinski definition) is 1. The van der Waals surface area contributed by atoms with Gasteiger partial charge in [-0.05, 0) is 47.2 Å². The van der Waals surface area contributed by atoms with Crippen LogP contribution in [0.3, 0.4) is 0 Å². The molecule has 1 aliphatic rings. The highest BCUT2D eigenvalue weighted by molar-refractivity contribution is 5.80. The Bertz CT molecular complexity index is 799. The van der Waals surface area contributed by atoms with Gasteiger partial charge >= 0.3 is 5.97 Å². The van der Waals surface area contributed by atoms with E-state index < -0.39 is 10.9 Å². The number of rotatable bonds is 4. The van der Waals surface area contributed by atoms with Crippen molar-refractivity contribution < 1.29 is 19.6 Å². The number of nitrogens with zero attached hydrogens (tertiary/aromatic N) is 1. The van der Waals surface area contributed by atoms with Gasteiger partial charge in [0.1, 0.15) is 0 Å². The van der Waals surface area contributed by atoms with Crippen molar-refractivity contribution in [3.8, 4) is 11.1 Å². The highest BCUT2D eigenvalue weighted by Gasteiger charge is 2.19. The van der Waals surface area contributed by atoms with Crippen molar-refractivity contribution in [3.63, 3.8) is 0 Å². The van der Waals surface area contributed by atoms with Gasteiger partial charge < -0.3 is 9.84 Å². The average Bonchev–Trinajstić information content (AvgIpc) is 2.62. The highest BCUT2D eigenvalue weighted by Crippen LogP contribution is 2.31. The minimum absolute atomic E-state index is 0.0446. The normalized spacial score (nSPS) is 18.9. The Morgan fingerprint density at radius 1 is 1.12 bits per heavy atom. The number of non-ortho nitro benzene ring substituents is 1. The summed E-state index contributed by atoms with van der Waals surface area (Å²) in [6.07, 6.45) is 2.63. The van der Waals surface area contributed by atoms with Crippen molar-refractivity contribution in [1.82, 2.24) is 0 Å². The van der Waals surface area contributed by atoms with Crippen LogP contribution in [0.25, 0.3) is 11.1 Å². The first-order valence-electron chi connectivity index (χ1n) is 7.91. The van der Waals surface area contributed by atoms with Crippen LogP contribution in [0.5, 0.6) is 0 Å². The molecule has 0 bridgehead atoms. The van der Waals surface area contributed by atoms with Gasteiger partial charge in [-0.2, -0.15) is 0 Å². The van der Waals surface area contributed by atoms with E-state index in [4.69, 9.17) is 9.84 Å². The van der Waals surface area contributed by atoms with Crippen molar-refractivity contribution in [2.75, 3.05) is 6.61 Å². The monoisotopic (exact) mass is 339 g/mol. The van der Waals surface area contributed by atoms with Gasteiger partial charge in [0, 0.05) is 18.2 Å². The number of aliphatic carboxylic acids is 1. The van der Waals surface area contributed by atoms with Gasteiger partial charge in [-0.25, -0.2) is 4.79 Å². The van der Waals surface area contributed by atoms with E-state index in [1.807, 2.05) is 24.3 Å². The van der Waals surface area contributed by atoms with E-state index in [0.29, 0.717) is 13.0 Å². The van der Waals surface area contributed by atoms with E-state index >= 15 is 0 Å². The maximum atomic E-state index is 10.7. The molecule has 0 saturated carbocycles. The standard InChI is InChI=1S/C19H17NO5/c21-19(22)11-13-1-10-18(25-12-13)16-4-2-14(3-5-16)15-6-8-17(9-7-15)20(23)24/h2-9,11,18H,1,10,12H2,(H,21,22)/b13-11+. The van der Waals surface area contributed by atoms with Gasteiger partial charge in [-0.15, -0.1) is 0 Å². The molecule has 1 N–H and O–H groups in total. The Morgan fingerprint density at radius 3 is 2.20 bits per heavy atom. The van der Waals surface area contributed by atoms with Crippen LogP contribution in [0.1, 0.15) is 24.5 Å². The van der Waals surface area contributed by atoms with Crippen molar-refractivity contribution >= 4 is 11.7 Å². The van der Waals surface area contributed by atoms with Crippen LogP contribution in [-0.2, 0) is 9.53 Å². The van der Waals surface area contributed by atoms with E-state index in [2.05, 4.69) is 0 Å². The van der Waals surface area contributed by atoms with Crippen LogP contribution in [0.4, 0.5) is 5.69 Å². The molecule has 0 amide bonds. The molecular formula is C19H17NO5. The molecule has 3 rings (SSSR count). The molecule has 25 heavy (non-hydrogen) atoms. The van der Waals surface area contributed by atoms with Gasteiger partial charge in [0.15, 0.2) is 0 Å². The molecule has 1 fully saturated rings. The number of hydrogen-bond acceptors (Lipinski definition) is 4. The fourth-order valence-corrected chi connectivity index (χ4v) is 2.90. The zero-order valence-corrected chi connectivity index (χ0v) is 13.4. The zero-order valence-electron chi connectivity index (χ0n) is 13.4. The fourth-order valence-electron chi connectivity index (χ4n) is 2.90. The van der Waals surface area contributed by atoms with E-state index in [0.717, 1.165) is 28.7 Å². The van der Waals surface area contributed by atoms with Crippen LogP contribution < -0.4 is 0 Å². The summed E-state index contributed by atoms with van der Waals surface area (Å²) in [5.41, 5.74) is 3.79. The third kappa shape index (κ3) is 4.10. The second-order valence-electron chi connectivity index (χ2n) is 5.91. The van der Waals surface area contributed by atoms with Gasteiger partial charge in [0.2, 0.25) is 0 Å². The number of ether oxygens (including phenoxy) is 1. The van der Waals surface area contributed by atoms with E-state index in [1.54, 1.807) is 12.1 Å². The zero-order chi connectivity index (χ0) is 17.8. The predicted octanol–water partition coefficient (Wildman–Crippen LogP) is 4.12. The quantitative estimate of drug-likeness (QED) is 0.514. The fraction of sp³-hybridized carbons (Fsp3) is 0.211. The lowest BCUT2D eigenvalue weighted by molar-refractivity contribution is -0.384. The van der Waals surface area contributed by atoms with Crippen LogP contribution in [-0.4, -0.2) is 22.6 Å². The summed E-state index contributed by atoms with van der Waals surface area (Å²) in [5.74, 6) is -0.940. The lowest BCUT2D eigenvalue weighted by atomic mass is 9.96. The van der Waals surface area contributed by atoms with Crippen LogP contribution in [0.2, 0.25) is 0 Å². The largest absolute Gasteiger partial charge is 0.478 e. The van der Waals surface area contributed by atoms with Crippen LogP contribution in [0, 0.1) is 10.1 Å². The van der Waals surface area contributed by atoms with Crippen molar-refractivity contribution in [2.45, 2.75) is 18.9 Å². The summed E-state index contributed by atoms with van der Waals surface area (Å²) in [6, 6.07) is 14.3. The molecule has 0 radical (unpaired) electrons. The third-order valence-corrected chi connectivity index (χ3v) is 4.22. The number of carboxylic acid groups (broad SMARTS) is 1. The maximum Gasteiger partial charge on any atom is 0.328 e. The van der Waals surface area contributed by atoms with E-state index in [-0.39, 0.29) is 11.8 Å². The van der Waals surface area contributed by atoms with Crippen molar-refractivity contribution in [2.24, 2.45) is 0 Å². The minimum atomic E-state index is -0.940. The topological polar surface area (TPSA) is 89.7 Å². The number of carbonyl (C=O) groups is 1. The Morgan fingerprint density at radius 2 is 1.72 bits per heavy atom. The SMILES string of the molecule is O=C(O)/C=C1\CCC(c2ccc(-c3ccc([N+](=O)[O-])cc3)cc2)OC1. The first-order chi connectivity index (χ1) is 12.0. The molecule has 1 heterocycles. The average molecular weight is 339 g/mol. The number of carboxylic acids is 1. The molecule has 1 saturated heterocycles. The first-order valence-corrected chi connectivity index (χ1v) is 7.91. The highest BCUT2D eigenvalue weighted by atomic mass is 16.6. The molecule has 128 valence electrons. The van der Waals surface area contributed by atoms with Crippen molar-refractivity contribution in [1.29, 1.82) is 0 Å². The summed E-state index contributed by atoms with van der Waals surface area (Å²) < 4.78 is 5.76. The molecule has 1 atom stereocenters. The molecule has 2 aromatic rings. The molecule has 6 heteroatoms. The number of benzene rings is 2. The van der Waals surface area contributed by atoms with Gasteiger partial charge in [0.05, 0.1) is 17.6 Å². The lowest BCUT2D eigenvalue weighted by Crippen LogP contribution is -2.14. The van der Waals surface area contributed by atoms with E-state index in [1.165, 1.54) is 18.2 Å². The Hall–Kier alpha value is -2.99. The minimum Gasteiger partial charge on any atom is -0.478 e. The smallest absolute Gasteiger partial charge is 0.328 e. The van der Waals surface area contributed by atoms with Gasteiger partial charge in [0.25, 0.3) is 5.69 Å². The molecule has 0 aliphatic carbocycles. The number of nitro benzene ring substituents is 1. The van der Waals surface area contributed by atoms with Gasteiger partial charge in [-0.3, -0.25) is 10.1 Å². The molecule has 1 aliphatic heterocycles. The second kappa shape index (κ2) is 7.27. The summed E-state index contributed by atoms with van der Waals surface area (Å²) in [4.78, 5) is 21.0. The lowest BCUT2D eigenvalue weighted by Gasteiger charge is -2.25. The Kier molecular flexibility index (Phi) is 4.90. The summed E-state index contributed by atoms with van der Waals surface area (Å²) >= 11 is 0. The predicted molar refractivity (Wildman–Crippen MR) is 92.2 cm³/mol. The van der Waals surface area contributed by atoms with Crippen LogP contribution in [0.15, 0.2) is 60.2 Å². The molecular weight excluding hydrogens is 322 g/mol. The maximum absolute atomic E-state index is 10.7. The second-order valence-corrected chi connectivity index (χ2v) is 5.91. The summed E-state index contributed by atoms with van der Waals surface area (Å²) in [5, 5.41) is 19.5. The van der Waals surface area contributed by atoms with Crippen molar-refractivity contribution in [3.05, 3.63) is 75.9 Å². The first kappa shape index (κ1) is 16.9. The summed E-state index contributed by atoms with van der Waals surface area (Å²) in [7, 11) is 0. The summed E-state index contributed by atoms with van der Waals surface area (Å²) in [6.45, 7) is 0.334. The number of nitro groups is 1. The molecule has 1 unspecified atom stereocenters.